The number of hydrogen-bond donors (Lipinski definition) is 3. The lowest BCUT2D eigenvalue weighted by Gasteiger charge is -2.15. The van der Waals surface area contributed by atoms with Crippen LogP contribution in [-0.2, 0) is 4.79 Å². The number of nitrogens with one attached hydrogen (secondary N) is 3. The van der Waals surface area contributed by atoms with E-state index in [1.54, 1.807) is 18.2 Å². The maximum absolute atomic E-state index is 11.6. The quantitative estimate of drug-likeness (QED) is 0.750. The van der Waals surface area contributed by atoms with E-state index in [1.165, 1.54) is 0 Å². The average molecular weight is 332 g/mol. The molecule has 3 amide bonds. The molecule has 0 saturated heterocycles. The van der Waals surface area contributed by atoms with Gasteiger partial charge in [-0.05, 0) is 31.0 Å². The van der Waals surface area contributed by atoms with Crippen LogP contribution in [0.3, 0.4) is 0 Å². The third kappa shape index (κ3) is 6.33. The molecule has 7 heteroatoms. The number of imide groups is 1. The molecule has 1 atom stereocenters. The normalized spacial score (nSPS) is 11.8. The van der Waals surface area contributed by atoms with E-state index in [2.05, 4.69) is 16.0 Å². The van der Waals surface area contributed by atoms with Crippen molar-refractivity contribution in [3.63, 3.8) is 0 Å². The summed E-state index contributed by atoms with van der Waals surface area (Å²) in [6, 6.07) is 4.56. The van der Waals surface area contributed by atoms with E-state index in [1.807, 2.05) is 13.8 Å². The van der Waals surface area contributed by atoms with Crippen LogP contribution in [0, 0.1) is 0 Å². The highest BCUT2D eigenvalue weighted by molar-refractivity contribution is 6.35. The van der Waals surface area contributed by atoms with Gasteiger partial charge in [-0.1, -0.05) is 36.2 Å². The second-order valence-corrected chi connectivity index (χ2v) is 5.42. The van der Waals surface area contributed by atoms with E-state index in [-0.39, 0.29) is 12.6 Å². The molecule has 0 fully saturated rings. The zero-order chi connectivity index (χ0) is 15.8. The fourth-order valence-electron chi connectivity index (χ4n) is 1.66. The molecule has 0 saturated carbocycles. The minimum absolute atomic E-state index is 0.0136. The maximum Gasteiger partial charge on any atom is 0.321 e. The zero-order valence-electron chi connectivity index (χ0n) is 12.0. The molecule has 0 bridgehead atoms. The van der Waals surface area contributed by atoms with Gasteiger partial charge in [-0.2, -0.15) is 0 Å². The van der Waals surface area contributed by atoms with E-state index in [0.717, 1.165) is 12.0 Å². The number of rotatable bonds is 6. The number of halogens is 2. The molecule has 0 spiro atoms. The molecule has 5 nitrogen and oxygen atoms in total. The molecule has 1 aromatic rings. The lowest BCUT2D eigenvalue weighted by atomic mass is 10.1. The fourth-order valence-corrected chi connectivity index (χ4v) is 2.23. The van der Waals surface area contributed by atoms with Gasteiger partial charge in [0.2, 0.25) is 5.91 Å². The van der Waals surface area contributed by atoms with Gasteiger partial charge >= 0.3 is 6.03 Å². The minimum Gasteiger partial charge on any atom is -0.338 e. The van der Waals surface area contributed by atoms with Crippen LogP contribution in [0.4, 0.5) is 4.79 Å². The van der Waals surface area contributed by atoms with Crippen LogP contribution in [0.15, 0.2) is 18.2 Å². The second-order valence-electron chi connectivity index (χ2n) is 4.57. The van der Waals surface area contributed by atoms with Crippen LogP contribution < -0.4 is 16.0 Å². The van der Waals surface area contributed by atoms with Crippen molar-refractivity contribution >= 4 is 35.1 Å². The number of carbonyl (C=O) groups is 2. The van der Waals surface area contributed by atoms with Crippen molar-refractivity contribution in [1.29, 1.82) is 0 Å². The summed E-state index contributed by atoms with van der Waals surface area (Å²) < 4.78 is 0. The molecule has 0 aliphatic carbocycles. The van der Waals surface area contributed by atoms with Crippen LogP contribution >= 0.6 is 23.2 Å². The summed E-state index contributed by atoms with van der Waals surface area (Å²) in [5.41, 5.74) is 0.837. The third-order valence-corrected chi connectivity index (χ3v) is 3.35. The molecule has 0 aliphatic rings. The highest BCUT2D eigenvalue weighted by Crippen LogP contribution is 2.25. The Bertz CT molecular complexity index is 509. The summed E-state index contributed by atoms with van der Waals surface area (Å²) in [5, 5.41) is 8.89. The lowest BCUT2D eigenvalue weighted by molar-refractivity contribution is -0.119. The fraction of sp³-hybridized carbons (Fsp3) is 0.429. The molecule has 1 rings (SSSR count). The van der Waals surface area contributed by atoms with Gasteiger partial charge in [0.1, 0.15) is 0 Å². The molecule has 1 aromatic carbocycles. The summed E-state index contributed by atoms with van der Waals surface area (Å²) in [5.74, 6) is -0.402. The summed E-state index contributed by atoms with van der Waals surface area (Å²) in [4.78, 5) is 22.9. The zero-order valence-corrected chi connectivity index (χ0v) is 13.5. The molecule has 0 radical (unpaired) electrons. The maximum atomic E-state index is 11.6. The topological polar surface area (TPSA) is 70.2 Å². The number of amides is 3. The van der Waals surface area contributed by atoms with Crippen molar-refractivity contribution < 1.29 is 9.59 Å². The van der Waals surface area contributed by atoms with Crippen molar-refractivity contribution in [3.05, 3.63) is 33.8 Å². The Morgan fingerprint density at radius 1 is 1.29 bits per heavy atom. The Labute approximate surface area is 134 Å². The molecule has 1 unspecified atom stereocenters. The van der Waals surface area contributed by atoms with Crippen molar-refractivity contribution in [2.45, 2.75) is 26.3 Å². The van der Waals surface area contributed by atoms with E-state index in [4.69, 9.17) is 23.2 Å². The van der Waals surface area contributed by atoms with Crippen molar-refractivity contribution in [2.75, 3.05) is 13.1 Å². The SMILES string of the molecule is CCCNC(=O)NC(=O)CNC(C)c1ccc(Cl)cc1Cl. The Kier molecular flexibility index (Phi) is 7.50. The number of urea groups is 1. The van der Waals surface area contributed by atoms with Crippen LogP contribution in [-0.4, -0.2) is 25.0 Å². The Hall–Kier alpha value is -1.30. The largest absolute Gasteiger partial charge is 0.338 e. The monoisotopic (exact) mass is 331 g/mol. The Morgan fingerprint density at radius 3 is 2.62 bits per heavy atom. The van der Waals surface area contributed by atoms with Crippen molar-refractivity contribution in [3.8, 4) is 0 Å². The molecule has 116 valence electrons. The Morgan fingerprint density at radius 2 is 2.00 bits per heavy atom. The smallest absolute Gasteiger partial charge is 0.321 e. The van der Waals surface area contributed by atoms with E-state index >= 15 is 0 Å². The number of hydrogen-bond acceptors (Lipinski definition) is 3. The first kappa shape index (κ1) is 17.8. The molecular formula is C14H19Cl2N3O2. The number of carbonyl (C=O) groups excluding carboxylic acids is 2. The van der Waals surface area contributed by atoms with E-state index < -0.39 is 11.9 Å². The van der Waals surface area contributed by atoms with E-state index in [9.17, 15) is 9.59 Å². The van der Waals surface area contributed by atoms with Crippen molar-refractivity contribution in [1.82, 2.24) is 16.0 Å². The van der Waals surface area contributed by atoms with Gasteiger partial charge in [0.05, 0.1) is 6.54 Å². The van der Waals surface area contributed by atoms with Crippen molar-refractivity contribution in [2.24, 2.45) is 0 Å². The molecular weight excluding hydrogens is 313 g/mol. The Balaban J connectivity index is 2.43. The molecule has 3 N–H and O–H groups in total. The molecule has 0 aromatic heterocycles. The lowest BCUT2D eigenvalue weighted by Crippen LogP contribution is -2.43. The molecule has 0 heterocycles. The second kappa shape index (κ2) is 8.87. The number of benzene rings is 1. The van der Waals surface area contributed by atoms with Gasteiger partial charge in [-0.3, -0.25) is 10.1 Å². The van der Waals surface area contributed by atoms with Gasteiger partial charge in [-0.15, -0.1) is 0 Å². The van der Waals surface area contributed by atoms with Crippen LogP contribution in [0.2, 0.25) is 10.0 Å². The van der Waals surface area contributed by atoms with Gasteiger partial charge in [0.25, 0.3) is 0 Å². The standard InChI is InChI=1S/C14H19Cl2N3O2/c1-3-6-17-14(21)19-13(20)8-18-9(2)11-5-4-10(15)7-12(11)16/h4-5,7,9,18H,3,6,8H2,1-2H3,(H2,17,19,20,21). The molecule has 0 aliphatic heterocycles. The first-order chi connectivity index (χ1) is 9.93. The van der Waals surface area contributed by atoms with Crippen LogP contribution in [0.1, 0.15) is 31.9 Å². The summed E-state index contributed by atoms with van der Waals surface area (Å²) >= 11 is 11.9. The molecule has 21 heavy (non-hydrogen) atoms. The highest BCUT2D eigenvalue weighted by Gasteiger charge is 2.12. The van der Waals surface area contributed by atoms with Gasteiger partial charge in [0.15, 0.2) is 0 Å². The average Bonchev–Trinajstić information content (AvgIpc) is 2.42. The third-order valence-electron chi connectivity index (χ3n) is 2.79. The van der Waals surface area contributed by atoms with Gasteiger partial charge in [-0.25, -0.2) is 4.79 Å². The minimum atomic E-state index is -0.485. The predicted octanol–water partition coefficient (Wildman–Crippen LogP) is 2.88. The van der Waals surface area contributed by atoms with Gasteiger partial charge in [0, 0.05) is 22.6 Å². The van der Waals surface area contributed by atoms with Crippen LogP contribution in [0.25, 0.3) is 0 Å². The first-order valence-electron chi connectivity index (χ1n) is 6.70. The first-order valence-corrected chi connectivity index (χ1v) is 7.45. The van der Waals surface area contributed by atoms with Crippen LogP contribution in [0.5, 0.6) is 0 Å². The predicted molar refractivity (Wildman–Crippen MR) is 84.7 cm³/mol. The highest BCUT2D eigenvalue weighted by atomic mass is 35.5. The van der Waals surface area contributed by atoms with Gasteiger partial charge < -0.3 is 10.6 Å². The summed E-state index contributed by atoms with van der Waals surface area (Å²) in [7, 11) is 0. The summed E-state index contributed by atoms with van der Waals surface area (Å²) in [6.45, 7) is 4.35. The van der Waals surface area contributed by atoms with E-state index in [0.29, 0.717) is 16.6 Å². The summed E-state index contributed by atoms with van der Waals surface area (Å²) in [6.07, 6.45) is 0.811.